The van der Waals surface area contributed by atoms with Crippen LogP contribution in [-0.2, 0) is 0 Å². The number of aromatic amines is 1. The first-order valence-electron chi connectivity index (χ1n) is 7.10. The van der Waals surface area contributed by atoms with Crippen molar-refractivity contribution >= 4 is 17.5 Å². The van der Waals surface area contributed by atoms with Crippen LogP contribution in [0.4, 0.5) is 5.82 Å². The number of aromatic nitrogens is 3. The maximum atomic E-state index is 9.50. The summed E-state index contributed by atoms with van der Waals surface area (Å²) in [6.07, 6.45) is 9.39. The number of aryl methyl sites for hydroxylation is 1. The number of nitrogen functional groups attached to an aromatic ring is 1. The number of hydrogen-bond acceptors (Lipinski definition) is 4. The predicted octanol–water partition coefficient (Wildman–Crippen LogP) is 2.71. The van der Waals surface area contributed by atoms with Gasteiger partial charge in [0.2, 0.25) is 0 Å². The molecule has 1 aliphatic carbocycles. The summed E-state index contributed by atoms with van der Waals surface area (Å²) in [7, 11) is 0. The van der Waals surface area contributed by atoms with Crippen LogP contribution in [0.15, 0.2) is 37.1 Å². The Balaban J connectivity index is 2.02. The van der Waals surface area contributed by atoms with Gasteiger partial charge in [-0.1, -0.05) is 24.8 Å². The average Bonchev–Trinajstić information content (AvgIpc) is 2.89. The van der Waals surface area contributed by atoms with Crippen LogP contribution in [0.2, 0.25) is 0 Å². The Morgan fingerprint density at radius 3 is 2.95 bits per heavy atom. The molecular weight excluding hydrogens is 276 g/mol. The Hall–Kier alpha value is -2.66. The highest BCUT2D eigenvalue weighted by molar-refractivity contribution is 5.84. The van der Waals surface area contributed by atoms with Crippen LogP contribution < -0.4 is 5.73 Å². The minimum Gasteiger partial charge on any atom is -0.389 e. The minimum absolute atomic E-state index is 0.398. The van der Waals surface area contributed by atoms with E-state index >= 15 is 0 Å². The van der Waals surface area contributed by atoms with Crippen LogP contribution >= 0.6 is 0 Å². The summed E-state index contributed by atoms with van der Waals surface area (Å²) >= 11 is 0. The van der Waals surface area contributed by atoms with Gasteiger partial charge in [0.05, 0.1) is 23.1 Å². The average molecular weight is 294 g/mol. The summed E-state index contributed by atoms with van der Waals surface area (Å²) in [5, 5.41) is 16.4. The summed E-state index contributed by atoms with van der Waals surface area (Å²) in [6.45, 7) is 5.78. The Bertz CT molecular complexity index is 786. The zero-order chi connectivity index (χ0) is 15.7. The molecule has 0 saturated carbocycles. The molecule has 0 fully saturated rings. The SMILES string of the molecule is C=Cc1[nH]nc(N)c1-c1cnc(C2=CCC(O)C=C2)cc1C. The van der Waals surface area contributed by atoms with Gasteiger partial charge in [-0.05, 0) is 36.6 Å². The molecular formula is C17H18N4O. The summed E-state index contributed by atoms with van der Waals surface area (Å²) in [4.78, 5) is 4.53. The van der Waals surface area contributed by atoms with E-state index in [2.05, 4.69) is 21.8 Å². The molecule has 4 N–H and O–H groups in total. The van der Waals surface area contributed by atoms with E-state index in [4.69, 9.17) is 5.73 Å². The first-order chi connectivity index (χ1) is 10.6. The normalized spacial score (nSPS) is 17.4. The molecule has 0 radical (unpaired) electrons. The highest BCUT2D eigenvalue weighted by Gasteiger charge is 2.15. The molecule has 1 atom stereocenters. The van der Waals surface area contributed by atoms with Gasteiger partial charge in [0.1, 0.15) is 0 Å². The van der Waals surface area contributed by atoms with E-state index in [0.717, 1.165) is 33.7 Å². The fourth-order valence-electron chi connectivity index (χ4n) is 2.58. The predicted molar refractivity (Wildman–Crippen MR) is 88.8 cm³/mol. The molecule has 5 heteroatoms. The van der Waals surface area contributed by atoms with Crippen LogP contribution in [0, 0.1) is 6.92 Å². The molecule has 0 aliphatic heterocycles. The number of nitrogens with two attached hydrogens (primary N) is 1. The Labute approximate surface area is 128 Å². The van der Waals surface area contributed by atoms with E-state index in [-0.39, 0.29) is 0 Å². The molecule has 1 aliphatic rings. The second kappa shape index (κ2) is 5.61. The van der Waals surface area contributed by atoms with Gasteiger partial charge in [-0.3, -0.25) is 10.1 Å². The molecule has 2 heterocycles. The third-order valence-electron chi connectivity index (χ3n) is 3.78. The van der Waals surface area contributed by atoms with E-state index < -0.39 is 6.10 Å². The maximum absolute atomic E-state index is 9.50. The lowest BCUT2D eigenvalue weighted by Crippen LogP contribution is -2.04. The van der Waals surface area contributed by atoms with Crippen molar-refractivity contribution in [1.82, 2.24) is 15.2 Å². The van der Waals surface area contributed by atoms with Crippen LogP contribution in [0.5, 0.6) is 0 Å². The van der Waals surface area contributed by atoms with Gasteiger partial charge in [-0.25, -0.2) is 0 Å². The molecule has 0 amide bonds. The highest BCUT2D eigenvalue weighted by Crippen LogP contribution is 2.32. The Morgan fingerprint density at radius 1 is 1.50 bits per heavy atom. The van der Waals surface area contributed by atoms with Gasteiger partial charge in [0.15, 0.2) is 5.82 Å². The van der Waals surface area contributed by atoms with Crippen LogP contribution in [0.3, 0.4) is 0 Å². The quantitative estimate of drug-likeness (QED) is 0.812. The Kier molecular flexibility index (Phi) is 3.65. The molecule has 22 heavy (non-hydrogen) atoms. The lowest BCUT2D eigenvalue weighted by atomic mass is 9.97. The zero-order valence-corrected chi connectivity index (χ0v) is 12.4. The number of anilines is 1. The van der Waals surface area contributed by atoms with Crippen molar-refractivity contribution in [2.75, 3.05) is 5.73 Å². The highest BCUT2D eigenvalue weighted by atomic mass is 16.3. The molecule has 1 unspecified atom stereocenters. The van der Waals surface area contributed by atoms with Crippen LogP contribution in [0.25, 0.3) is 22.8 Å². The smallest absolute Gasteiger partial charge is 0.153 e. The number of H-pyrrole nitrogens is 1. The topological polar surface area (TPSA) is 87.8 Å². The number of aliphatic hydroxyl groups excluding tert-OH is 1. The largest absolute Gasteiger partial charge is 0.389 e. The van der Waals surface area contributed by atoms with Gasteiger partial charge in [0.25, 0.3) is 0 Å². The molecule has 5 nitrogen and oxygen atoms in total. The molecule has 0 bridgehead atoms. The van der Waals surface area contributed by atoms with E-state index in [0.29, 0.717) is 12.2 Å². The second-order valence-corrected chi connectivity index (χ2v) is 5.31. The number of nitrogens with zero attached hydrogens (tertiary/aromatic N) is 2. The molecule has 2 aromatic rings. The second-order valence-electron chi connectivity index (χ2n) is 5.31. The molecule has 3 rings (SSSR count). The van der Waals surface area contributed by atoms with Crippen molar-refractivity contribution in [2.45, 2.75) is 19.4 Å². The van der Waals surface area contributed by atoms with Crippen molar-refractivity contribution < 1.29 is 5.11 Å². The number of rotatable bonds is 3. The minimum atomic E-state index is -0.398. The monoisotopic (exact) mass is 294 g/mol. The number of nitrogens with one attached hydrogen (secondary N) is 1. The number of hydrogen-bond donors (Lipinski definition) is 3. The van der Waals surface area contributed by atoms with E-state index in [9.17, 15) is 5.11 Å². The van der Waals surface area contributed by atoms with E-state index in [1.807, 2.05) is 25.1 Å². The number of allylic oxidation sites excluding steroid dienone is 2. The molecule has 112 valence electrons. The summed E-state index contributed by atoms with van der Waals surface area (Å²) in [5.41, 5.74) is 11.5. The maximum Gasteiger partial charge on any atom is 0.153 e. The fraction of sp³-hybridized carbons (Fsp3) is 0.176. The standard InChI is InChI=1S/C17H18N4O/c1-3-14-16(17(18)21-20-14)13-9-19-15(8-10(13)2)11-4-6-12(22)7-5-11/h3-6,8-9,12,22H,1,7H2,2H3,(H3,18,20,21). The van der Waals surface area contributed by atoms with Crippen molar-refractivity contribution in [3.8, 4) is 11.1 Å². The van der Waals surface area contributed by atoms with Gasteiger partial charge in [0, 0.05) is 11.8 Å². The van der Waals surface area contributed by atoms with E-state index in [1.54, 1.807) is 18.3 Å². The van der Waals surface area contributed by atoms with E-state index in [1.165, 1.54) is 0 Å². The molecule has 0 saturated heterocycles. The third-order valence-corrected chi connectivity index (χ3v) is 3.78. The lowest BCUT2D eigenvalue weighted by molar-refractivity contribution is 0.226. The van der Waals surface area contributed by atoms with Crippen molar-refractivity contribution in [2.24, 2.45) is 0 Å². The van der Waals surface area contributed by atoms with Crippen molar-refractivity contribution in [3.63, 3.8) is 0 Å². The summed E-state index contributed by atoms with van der Waals surface area (Å²) in [6, 6.07) is 2.02. The number of pyridine rings is 1. The van der Waals surface area contributed by atoms with Gasteiger partial charge < -0.3 is 10.8 Å². The van der Waals surface area contributed by atoms with Crippen LogP contribution in [0.1, 0.15) is 23.4 Å². The van der Waals surface area contributed by atoms with Gasteiger partial charge >= 0.3 is 0 Å². The zero-order valence-electron chi connectivity index (χ0n) is 12.4. The molecule has 0 spiro atoms. The van der Waals surface area contributed by atoms with Gasteiger partial charge in [-0.2, -0.15) is 5.10 Å². The summed E-state index contributed by atoms with van der Waals surface area (Å²) < 4.78 is 0. The first kappa shape index (κ1) is 14.3. The van der Waals surface area contributed by atoms with Crippen molar-refractivity contribution in [1.29, 1.82) is 0 Å². The lowest BCUT2D eigenvalue weighted by Gasteiger charge is -2.13. The fourth-order valence-corrected chi connectivity index (χ4v) is 2.58. The van der Waals surface area contributed by atoms with Gasteiger partial charge in [-0.15, -0.1) is 0 Å². The Morgan fingerprint density at radius 2 is 2.32 bits per heavy atom. The summed E-state index contributed by atoms with van der Waals surface area (Å²) in [5.74, 6) is 0.437. The van der Waals surface area contributed by atoms with Crippen molar-refractivity contribution in [3.05, 3.63) is 54.0 Å². The molecule has 0 aromatic carbocycles. The number of aliphatic hydroxyl groups is 1. The third kappa shape index (κ3) is 2.46. The van der Waals surface area contributed by atoms with Crippen LogP contribution in [-0.4, -0.2) is 26.4 Å². The first-order valence-corrected chi connectivity index (χ1v) is 7.10. The molecule has 2 aromatic heterocycles.